The van der Waals surface area contributed by atoms with E-state index in [9.17, 15) is 5.11 Å². The lowest BCUT2D eigenvalue weighted by Gasteiger charge is -2.36. The molecule has 0 spiro atoms. The molecule has 3 heteroatoms. The molecule has 2 rings (SSSR count). The third-order valence-corrected chi connectivity index (χ3v) is 4.26. The average Bonchev–Trinajstić information content (AvgIpc) is 2.81. The summed E-state index contributed by atoms with van der Waals surface area (Å²) >= 11 is 0. The normalized spacial score (nSPS) is 40.1. The van der Waals surface area contributed by atoms with E-state index in [4.69, 9.17) is 4.74 Å². The van der Waals surface area contributed by atoms with Gasteiger partial charge in [-0.2, -0.15) is 0 Å². The Balaban J connectivity index is 1.71. The highest BCUT2D eigenvalue weighted by atomic mass is 16.5. The van der Waals surface area contributed by atoms with Crippen molar-refractivity contribution in [3.8, 4) is 0 Å². The van der Waals surface area contributed by atoms with E-state index in [1.165, 1.54) is 19.3 Å². The van der Waals surface area contributed by atoms with Gasteiger partial charge in [-0.1, -0.05) is 13.3 Å². The van der Waals surface area contributed by atoms with Crippen molar-refractivity contribution in [2.45, 2.75) is 57.1 Å². The average molecular weight is 227 g/mol. The lowest BCUT2D eigenvalue weighted by molar-refractivity contribution is -0.0108. The van der Waals surface area contributed by atoms with Gasteiger partial charge in [0.15, 0.2) is 0 Å². The first-order chi connectivity index (χ1) is 7.72. The van der Waals surface area contributed by atoms with Crippen molar-refractivity contribution >= 4 is 0 Å². The van der Waals surface area contributed by atoms with Gasteiger partial charge in [0.1, 0.15) is 0 Å². The van der Waals surface area contributed by atoms with Crippen LogP contribution in [0.4, 0.5) is 0 Å². The molecule has 0 aromatic carbocycles. The van der Waals surface area contributed by atoms with Gasteiger partial charge in [-0.3, -0.25) is 0 Å². The van der Waals surface area contributed by atoms with Gasteiger partial charge in [0, 0.05) is 19.2 Å². The minimum absolute atomic E-state index is 0.450. The molecule has 0 bridgehead atoms. The zero-order valence-corrected chi connectivity index (χ0v) is 10.4. The summed E-state index contributed by atoms with van der Waals surface area (Å²) in [6.07, 6.45) is 6.66. The van der Waals surface area contributed by atoms with Crippen molar-refractivity contribution in [3.05, 3.63) is 0 Å². The zero-order valence-electron chi connectivity index (χ0n) is 10.4. The van der Waals surface area contributed by atoms with Crippen molar-refractivity contribution in [2.24, 2.45) is 5.92 Å². The molecule has 1 heterocycles. The standard InChI is InChI=1S/C13H25NO2/c1-2-11-3-6-13(15,7-4-11)10-14-12-5-8-16-9-12/h11-12,14-15H,2-10H2,1H3. The van der Waals surface area contributed by atoms with Crippen LogP contribution in [0.5, 0.6) is 0 Å². The molecule has 1 saturated heterocycles. The monoisotopic (exact) mass is 227 g/mol. The molecule has 2 aliphatic rings. The fourth-order valence-corrected chi connectivity index (χ4v) is 2.83. The molecule has 94 valence electrons. The minimum Gasteiger partial charge on any atom is -0.389 e. The van der Waals surface area contributed by atoms with E-state index in [0.717, 1.165) is 44.9 Å². The number of hydrogen-bond donors (Lipinski definition) is 2. The Labute approximate surface area is 98.6 Å². The van der Waals surface area contributed by atoms with Crippen molar-refractivity contribution in [1.29, 1.82) is 0 Å². The summed E-state index contributed by atoms with van der Waals surface area (Å²) < 4.78 is 5.32. The fourth-order valence-electron chi connectivity index (χ4n) is 2.83. The Kier molecular flexibility index (Phi) is 4.22. The molecule has 3 nitrogen and oxygen atoms in total. The molecule has 1 unspecified atom stereocenters. The summed E-state index contributed by atoms with van der Waals surface area (Å²) in [5.41, 5.74) is -0.450. The van der Waals surface area contributed by atoms with Gasteiger partial charge < -0.3 is 15.2 Å². The van der Waals surface area contributed by atoms with Gasteiger partial charge in [0.25, 0.3) is 0 Å². The van der Waals surface area contributed by atoms with Crippen LogP contribution < -0.4 is 5.32 Å². The topological polar surface area (TPSA) is 41.5 Å². The molecule has 1 aliphatic carbocycles. The third kappa shape index (κ3) is 3.19. The minimum atomic E-state index is -0.450. The molecule has 0 radical (unpaired) electrons. The van der Waals surface area contributed by atoms with E-state index in [1.54, 1.807) is 0 Å². The molecule has 1 atom stereocenters. The molecule has 1 saturated carbocycles. The van der Waals surface area contributed by atoms with Gasteiger partial charge in [-0.15, -0.1) is 0 Å². The van der Waals surface area contributed by atoms with Crippen LogP contribution in [0.2, 0.25) is 0 Å². The van der Waals surface area contributed by atoms with E-state index in [2.05, 4.69) is 12.2 Å². The molecule has 0 amide bonds. The molecular formula is C13H25NO2. The Hall–Kier alpha value is -0.120. The van der Waals surface area contributed by atoms with Gasteiger partial charge in [0.05, 0.1) is 12.2 Å². The molecule has 2 fully saturated rings. The van der Waals surface area contributed by atoms with Crippen LogP contribution in [0.3, 0.4) is 0 Å². The predicted octanol–water partition coefficient (Wildman–Crippen LogP) is 1.70. The molecule has 16 heavy (non-hydrogen) atoms. The second-order valence-corrected chi connectivity index (χ2v) is 5.52. The van der Waals surface area contributed by atoms with Crippen LogP contribution in [0, 0.1) is 5.92 Å². The van der Waals surface area contributed by atoms with E-state index in [1.807, 2.05) is 0 Å². The number of aliphatic hydroxyl groups is 1. The summed E-state index contributed by atoms with van der Waals surface area (Å²) in [5, 5.41) is 13.9. The second-order valence-electron chi connectivity index (χ2n) is 5.52. The Morgan fingerprint density at radius 3 is 2.62 bits per heavy atom. The first-order valence-corrected chi connectivity index (χ1v) is 6.75. The van der Waals surface area contributed by atoms with Crippen molar-refractivity contribution in [1.82, 2.24) is 5.32 Å². The highest BCUT2D eigenvalue weighted by molar-refractivity contribution is 4.88. The summed E-state index contributed by atoms with van der Waals surface area (Å²) in [6, 6.07) is 0.466. The number of ether oxygens (including phenoxy) is 1. The van der Waals surface area contributed by atoms with Crippen LogP contribution in [-0.2, 0) is 4.74 Å². The third-order valence-electron chi connectivity index (χ3n) is 4.26. The number of nitrogens with one attached hydrogen (secondary N) is 1. The van der Waals surface area contributed by atoms with Crippen LogP contribution in [0.1, 0.15) is 45.4 Å². The summed E-state index contributed by atoms with van der Waals surface area (Å²) in [7, 11) is 0. The predicted molar refractivity (Wildman–Crippen MR) is 64.4 cm³/mol. The second kappa shape index (κ2) is 5.48. The van der Waals surface area contributed by atoms with Gasteiger partial charge >= 0.3 is 0 Å². The van der Waals surface area contributed by atoms with Crippen LogP contribution in [-0.4, -0.2) is 36.5 Å². The maximum Gasteiger partial charge on any atom is 0.0771 e. The van der Waals surface area contributed by atoms with Crippen LogP contribution in [0.25, 0.3) is 0 Å². The lowest BCUT2D eigenvalue weighted by Crippen LogP contribution is -2.46. The Morgan fingerprint density at radius 1 is 1.31 bits per heavy atom. The molecular weight excluding hydrogens is 202 g/mol. The smallest absolute Gasteiger partial charge is 0.0771 e. The fraction of sp³-hybridized carbons (Fsp3) is 1.00. The lowest BCUT2D eigenvalue weighted by atomic mass is 9.78. The largest absolute Gasteiger partial charge is 0.389 e. The van der Waals surface area contributed by atoms with Gasteiger partial charge in [-0.25, -0.2) is 0 Å². The van der Waals surface area contributed by atoms with E-state index in [-0.39, 0.29) is 0 Å². The SMILES string of the molecule is CCC1CCC(O)(CNC2CCOC2)CC1. The number of hydrogen-bond acceptors (Lipinski definition) is 3. The molecule has 1 aliphatic heterocycles. The first-order valence-electron chi connectivity index (χ1n) is 6.75. The highest BCUT2D eigenvalue weighted by Crippen LogP contribution is 2.33. The number of rotatable bonds is 4. The Morgan fingerprint density at radius 2 is 2.06 bits per heavy atom. The van der Waals surface area contributed by atoms with Gasteiger partial charge in [0.2, 0.25) is 0 Å². The Bertz CT molecular complexity index is 206. The first kappa shape index (κ1) is 12.3. The van der Waals surface area contributed by atoms with Crippen LogP contribution in [0.15, 0.2) is 0 Å². The van der Waals surface area contributed by atoms with Crippen LogP contribution >= 0.6 is 0 Å². The maximum absolute atomic E-state index is 10.4. The van der Waals surface area contributed by atoms with Crippen molar-refractivity contribution < 1.29 is 9.84 Å². The summed E-state index contributed by atoms with van der Waals surface area (Å²) in [5.74, 6) is 0.843. The van der Waals surface area contributed by atoms with E-state index < -0.39 is 5.60 Å². The maximum atomic E-state index is 10.4. The molecule has 0 aromatic heterocycles. The van der Waals surface area contributed by atoms with Crippen molar-refractivity contribution in [3.63, 3.8) is 0 Å². The van der Waals surface area contributed by atoms with E-state index in [0.29, 0.717) is 6.04 Å². The quantitative estimate of drug-likeness (QED) is 0.768. The molecule has 2 N–H and O–H groups in total. The molecule has 0 aromatic rings. The summed E-state index contributed by atoms with van der Waals surface area (Å²) in [6.45, 7) is 4.68. The zero-order chi connectivity index (χ0) is 11.4. The van der Waals surface area contributed by atoms with Crippen molar-refractivity contribution in [2.75, 3.05) is 19.8 Å². The van der Waals surface area contributed by atoms with Gasteiger partial charge in [-0.05, 0) is 38.0 Å². The summed E-state index contributed by atoms with van der Waals surface area (Å²) in [4.78, 5) is 0. The highest BCUT2D eigenvalue weighted by Gasteiger charge is 2.33. The van der Waals surface area contributed by atoms with E-state index >= 15 is 0 Å².